The van der Waals surface area contributed by atoms with E-state index in [1.54, 1.807) is 37.6 Å². The Morgan fingerprint density at radius 1 is 0.962 bits per heavy atom. The minimum absolute atomic E-state index is 0.428. The van der Waals surface area contributed by atoms with E-state index >= 15 is 0 Å². The molecule has 3 rings (SSSR count). The molecule has 0 aliphatic heterocycles. The monoisotopic (exact) mass is 409 g/mol. The normalized spacial score (nSPS) is 10.7. The quantitative estimate of drug-likeness (QED) is 0.320. The Hall–Kier alpha value is -2.92. The van der Waals surface area contributed by atoms with Gasteiger partial charge in [0.25, 0.3) is 0 Å². The SMILES string of the molecule is COc1ccc(N=Cc2ccccc2OC(=O)c2ccccc2Br)cc1. The number of methoxy groups -OCH3 is 1. The third-order valence-electron chi connectivity index (χ3n) is 3.64. The van der Waals surface area contributed by atoms with Gasteiger partial charge in [-0.25, -0.2) is 4.79 Å². The molecule has 0 heterocycles. The summed E-state index contributed by atoms with van der Waals surface area (Å²) in [5.74, 6) is 0.792. The highest BCUT2D eigenvalue weighted by Crippen LogP contribution is 2.23. The molecule has 0 saturated carbocycles. The Morgan fingerprint density at radius 3 is 2.38 bits per heavy atom. The molecule has 0 bridgehead atoms. The summed E-state index contributed by atoms with van der Waals surface area (Å²) >= 11 is 3.36. The van der Waals surface area contributed by atoms with E-state index in [-0.39, 0.29) is 0 Å². The predicted octanol–water partition coefficient (Wildman–Crippen LogP) is 5.43. The minimum atomic E-state index is -0.428. The van der Waals surface area contributed by atoms with Gasteiger partial charge in [0.1, 0.15) is 11.5 Å². The van der Waals surface area contributed by atoms with E-state index in [9.17, 15) is 4.79 Å². The maximum atomic E-state index is 12.4. The molecule has 3 aromatic carbocycles. The topological polar surface area (TPSA) is 47.9 Å². The van der Waals surface area contributed by atoms with E-state index in [4.69, 9.17) is 9.47 Å². The number of carbonyl (C=O) groups excluding carboxylic acids is 1. The molecule has 0 spiro atoms. The van der Waals surface area contributed by atoms with Crippen molar-refractivity contribution < 1.29 is 14.3 Å². The maximum absolute atomic E-state index is 12.4. The Morgan fingerprint density at radius 2 is 1.65 bits per heavy atom. The summed E-state index contributed by atoms with van der Waals surface area (Å²) in [6.07, 6.45) is 1.67. The molecule has 26 heavy (non-hydrogen) atoms. The second-order valence-corrected chi connectivity index (χ2v) is 6.22. The first-order valence-corrected chi connectivity index (χ1v) is 8.70. The number of hydrogen-bond donors (Lipinski definition) is 0. The molecule has 0 fully saturated rings. The van der Waals surface area contributed by atoms with Gasteiger partial charge in [0.05, 0.1) is 18.4 Å². The van der Waals surface area contributed by atoms with Crippen LogP contribution in [0.15, 0.2) is 82.3 Å². The van der Waals surface area contributed by atoms with Gasteiger partial charge in [-0.05, 0) is 64.5 Å². The van der Waals surface area contributed by atoms with Crippen LogP contribution in [0.5, 0.6) is 11.5 Å². The molecule has 4 nitrogen and oxygen atoms in total. The number of ether oxygens (including phenoxy) is 2. The molecular formula is C21H16BrNO3. The average molecular weight is 410 g/mol. The van der Waals surface area contributed by atoms with Crippen LogP contribution in [-0.2, 0) is 0 Å². The summed E-state index contributed by atoms with van der Waals surface area (Å²) in [5.41, 5.74) is 1.95. The van der Waals surface area contributed by atoms with Crippen LogP contribution in [-0.4, -0.2) is 19.3 Å². The van der Waals surface area contributed by atoms with Crippen LogP contribution in [0, 0.1) is 0 Å². The zero-order valence-electron chi connectivity index (χ0n) is 14.1. The van der Waals surface area contributed by atoms with E-state index < -0.39 is 5.97 Å². The highest BCUT2D eigenvalue weighted by molar-refractivity contribution is 9.10. The molecule has 0 saturated heterocycles. The van der Waals surface area contributed by atoms with Gasteiger partial charge < -0.3 is 9.47 Å². The van der Waals surface area contributed by atoms with Crippen molar-refractivity contribution in [1.29, 1.82) is 0 Å². The van der Waals surface area contributed by atoms with Crippen molar-refractivity contribution >= 4 is 33.8 Å². The van der Waals surface area contributed by atoms with Crippen LogP contribution in [0.3, 0.4) is 0 Å². The fraction of sp³-hybridized carbons (Fsp3) is 0.0476. The molecule has 0 atom stereocenters. The Balaban J connectivity index is 1.80. The van der Waals surface area contributed by atoms with Crippen LogP contribution in [0.25, 0.3) is 0 Å². The highest BCUT2D eigenvalue weighted by Gasteiger charge is 2.13. The van der Waals surface area contributed by atoms with E-state index in [1.165, 1.54) is 0 Å². The van der Waals surface area contributed by atoms with Crippen molar-refractivity contribution in [3.8, 4) is 11.5 Å². The van der Waals surface area contributed by atoms with Crippen LogP contribution in [0.1, 0.15) is 15.9 Å². The molecule has 0 aliphatic carbocycles. The van der Waals surface area contributed by atoms with Crippen molar-refractivity contribution in [3.63, 3.8) is 0 Å². The molecule has 0 unspecified atom stereocenters. The van der Waals surface area contributed by atoms with Crippen molar-refractivity contribution in [2.75, 3.05) is 7.11 Å². The molecule has 0 aliphatic rings. The third kappa shape index (κ3) is 4.37. The molecule has 0 amide bonds. The van der Waals surface area contributed by atoms with Crippen LogP contribution in [0.4, 0.5) is 5.69 Å². The molecule has 0 aromatic heterocycles. The van der Waals surface area contributed by atoms with Gasteiger partial charge in [-0.3, -0.25) is 4.99 Å². The Labute approximate surface area is 160 Å². The van der Waals surface area contributed by atoms with E-state index in [2.05, 4.69) is 20.9 Å². The third-order valence-corrected chi connectivity index (χ3v) is 4.33. The number of aliphatic imine (C=N–C) groups is 1. The lowest BCUT2D eigenvalue weighted by atomic mass is 10.2. The van der Waals surface area contributed by atoms with Crippen molar-refractivity contribution in [2.45, 2.75) is 0 Å². The van der Waals surface area contributed by atoms with Crippen LogP contribution >= 0.6 is 15.9 Å². The van der Waals surface area contributed by atoms with Gasteiger partial charge in [-0.2, -0.15) is 0 Å². The van der Waals surface area contributed by atoms with Crippen LogP contribution < -0.4 is 9.47 Å². The Bertz CT molecular complexity index is 936. The smallest absolute Gasteiger partial charge is 0.344 e. The number of benzene rings is 3. The first kappa shape index (κ1) is 17.9. The van der Waals surface area contributed by atoms with E-state index in [0.717, 1.165) is 11.4 Å². The molecular weight excluding hydrogens is 394 g/mol. The summed E-state index contributed by atoms with van der Waals surface area (Å²) in [6, 6.07) is 21.8. The zero-order chi connectivity index (χ0) is 18.4. The van der Waals surface area contributed by atoms with E-state index in [0.29, 0.717) is 21.3 Å². The zero-order valence-corrected chi connectivity index (χ0v) is 15.6. The molecule has 0 radical (unpaired) electrons. The number of hydrogen-bond acceptors (Lipinski definition) is 4. The predicted molar refractivity (Wildman–Crippen MR) is 106 cm³/mol. The lowest BCUT2D eigenvalue weighted by Gasteiger charge is -2.08. The van der Waals surface area contributed by atoms with Gasteiger partial charge >= 0.3 is 5.97 Å². The van der Waals surface area contributed by atoms with Gasteiger partial charge in [0.15, 0.2) is 0 Å². The maximum Gasteiger partial charge on any atom is 0.344 e. The van der Waals surface area contributed by atoms with Gasteiger partial charge in [-0.1, -0.05) is 24.3 Å². The van der Waals surface area contributed by atoms with Gasteiger partial charge in [0.2, 0.25) is 0 Å². The number of nitrogens with zero attached hydrogens (tertiary/aromatic N) is 1. The van der Waals surface area contributed by atoms with Crippen molar-refractivity contribution in [3.05, 3.63) is 88.4 Å². The number of carbonyl (C=O) groups is 1. The summed E-state index contributed by atoms with van der Waals surface area (Å²) in [7, 11) is 1.62. The minimum Gasteiger partial charge on any atom is -0.497 e. The van der Waals surface area contributed by atoms with Gasteiger partial charge in [0, 0.05) is 16.3 Å². The number of para-hydroxylation sites is 1. The largest absolute Gasteiger partial charge is 0.497 e. The van der Waals surface area contributed by atoms with Crippen molar-refractivity contribution in [1.82, 2.24) is 0 Å². The second kappa shape index (κ2) is 8.45. The van der Waals surface area contributed by atoms with Gasteiger partial charge in [-0.15, -0.1) is 0 Å². The summed E-state index contributed by atoms with van der Waals surface area (Å²) < 4.78 is 11.4. The fourth-order valence-electron chi connectivity index (χ4n) is 2.27. The molecule has 130 valence electrons. The lowest BCUT2D eigenvalue weighted by Crippen LogP contribution is -2.10. The number of esters is 1. The standard InChI is InChI=1S/C21H16BrNO3/c1-25-17-12-10-16(11-13-17)23-14-15-6-2-5-9-20(15)26-21(24)18-7-3-4-8-19(18)22/h2-14H,1H3. The average Bonchev–Trinajstić information content (AvgIpc) is 2.68. The first-order valence-electron chi connectivity index (χ1n) is 7.91. The van der Waals surface area contributed by atoms with Crippen molar-refractivity contribution in [2.24, 2.45) is 4.99 Å². The van der Waals surface area contributed by atoms with Crippen LogP contribution in [0.2, 0.25) is 0 Å². The summed E-state index contributed by atoms with van der Waals surface area (Å²) in [6.45, 7) is 0. The second-order valence-electron chi connectivity index (χ2n) is 5.36. The highest BCUT2D eigenvalue weighted by atomic mass is 79.9. The Kier molecular flexibility index (Phi) is 5.81. The summed E-state index contributed by atoms with van der Waals surface area (Å²) in [4.78, 5) is 16.9. The first-order chi connectivity index (χ1) is 12.7. The molecule has 0 N–H and O–H groups in total. The number of rotatable bonds is 5. The fourth-order valence-corrected chi connectivity index (χ4v) is 2.72. The van der Waals surface area contributed by atoms with E-state index in [1.807, 2.05) is 48.5 Å². The lowest BCUT2D eigenvalue weighted by molar-refractivity contribution is 0.0733. The molecule has 3 aromatic rings. The molecule has 5 heteroatoms. The summed E-state index contributed by atoms with van der Waals surface area (Å²) in [5, 5.41) is 0. The number of halogens is 1.